The van der Waals surface area contributed by atoms with Crippen LogP contribution in [0.2, 0.25) is 10.2 Å². The van der Waals surface area contributed by atoms with Gasteiger partial charge in [-0.3, -0.25) is 0 Å². The van der Waals surface area contributed by atoms with Gasteiger partial charge in [-0.2, -0.15) is 4.98 Å². The van der Waals surface area contributed by atoms with E-state index in [1.165, 1.54) is 0 Å². The molecule has 1 aromatic heterocycles. The molecule has 0 aliphatic carbocycles. The summed E-state index contributed by atoms with van der Waals surface area (Å²) in [5.41, 5.74) is 6.62. The van der Waals surface area contributed by atoms with Gasteiger partial charge >= 0.3 is 0 Å². The summed E-state index contributed by atoms with van der Waals surface area (Å²) < 4.78 is 0. The molecule has 0 aliphatic heterocycles. The number of nitrogens with zero attached hydrogens (tertiary/aromatic N) is 3. The average molecular weight is 297 g/mol. The number of halogens is 2. The molecule has 19 heavy (non-hydrogen) atoms. The number of rotatable bonds is 3. The lowest BCUT2D eigenvalue weighted by Crippen LogP contribution is -2.23. The number of nitrogen functional groups attached to an aromatic ring is 1. The molecule has 0 spiro atoms. The van der Waals surface area contributed by atoms with Crippen molar-refractivity contribution in [3.63, 3.8) is 0 Å². The number of aromatic nitrogens is 2. The fourth-order valence-electron chi connectivity index (χ4n) is 1.82. The molecule has 0 saturated carbocycles. The molecule has 0 saturated heterocycles. The summed E-state index contributed by atoms with van der Waals surface area (Å²) in [4.78, 5) is 9.97. The molecule has 4 nitrogen and oxygen atoms in total. The van der Waals surface area contributed by atoms with E-state index in [4.69, 9.17) is 28.9 Å². The zero-order valence-electron chi connectivity index (χ0n) is 10.6. The van der Waals surface area contributed by atoms with Gasteiger partial charge in [-0.05, 0) is 18.6 Å². The summed E-state index contributed by atoms with van der Waals surface area (Å²) in [5.74, 6) is 0.811. The molecule has 0 bridgehead atoms. The first-order chi connectivity index (χ1) is 8.99. The van der Waals surface area contributed by atoms with Crippen LogP contribution >= 0.6 is 23.2 Å². The van der Waals surface area contributed by atoms with Gasteiger partial charge in [0.1, 0.15) is 11.0 Å². The predicted molar refractivity (Wildman–Crippen MR) is 79.7 cm³/mol. The largest absolute Gasteiger partial charge is 0.368 e. The molecule has 6 heteroatoms. The summed E-state index contributed by atoms with van der Waals surface area (Å²) in [6.07, 6.45) is 0. The molecular weight excluding hydrogens is 283 g/mol. The normalized spacial score (nSPS) is 12.2. The average Bonchev–Trinajstić information content (AvgIpc) is 2.36. The maximum Gasteiger partial charge on any atom is 0.223 e. The predicted octanol–water partition coefficient (Wildman–Crippen LogP) is 3.56. The van der Waals surface area contributed by atoms with Gasteiger partial charge in [-0.25, -0.2) is 4.98 Å². The van der Waals surface area contributed by atoms with Crippen LogP contribution in [0.15, 0.2) is 30.3 Å². The maximum atomic E-state index is 6.20. The number of hydrogen-bond acceptors (Lipinski definition) is 4. The minimum Gasteiger partial charge on any atom is -0.368 e. The summed E-state index contributed by atoms with van der Waals surface area (Å²) >= 11 is 12.1. The van der Waals surface area contributed by atoms with Gasteiger partial charge in [0.2, 0.25) is 5.95 Å². The molecule has 0 radical (unpaired) electrons. The smallest absolute Gasteiger partial charge is 0.223 e. The highest BCUT2D eigenvalue weighted by Crippen LogP contribution is 2.29. The Balaban J connectivity index is 2.33. The van der Waals surface area contributed by atoms with Gasteiger partial charge in [-0.1, -0.05) is 41.4 Å². The Morgan fingerprint density at radius 3 is 2.53 bits per heavy atom. The zero-order valence-corrected chi connectivity index (χ0v) is 12.2. The standard InChI is InChI=1S/C13H14Cl2N4/c1-8(9-5-3-4-6-10(9)14)19(2)12-7-11(15)17-13(16)18-12/h3-8H,1-2H3,(H2,16,17,18). The molecule has 0 aliphatic rings. The third kappa shape index (κ3) is 3.08. The van der Waals surface area contributed by atoms with Crippen LogP contribution in [0, 0.1) is 0 Å². The topological polar surface area (TPSA) is 55.0 Å². The lowest BCUT2D eigenvalue weighted by molar-refractivity contribution is 0.728. The summed E-state index contributed by atoms with van der Waals surface area (Å²) in [6.45, 7) is 2.04. The summed E-state index contributed by atoms with van der Waals surface area (Å²) in [6, 6.07) is 9.41. The maximum absolute atomic E-state index is 6.20. The highest BCUT2D eigenvalue weighted by molar-refractivity contribution is 6.31. The van der Waals surface area contributed by atoms with Gasteiger partial charge in [0.05, 0.1) is 6.04 Å². The monoisotopic (exact) mass is 296 g/mol. The summed E-state index contributed by atoms with van der Waals surface area (Å²) in [7, 11) is 1.91. The van der Waals surface area contributed by atoms with Crippen LogP contribution in [-0.2, 0) is 0 Å². The van der Waals surface area contributed by atoms with E-state index >= 15 is 0 Å². The quantitative estimate of drug-likeness (QED) is 0.880. The van der Waals surface area contributed by atoms with Crippen molar-refractivity contribution < 1.29 is 0 Å². The van der Waals surface area contributed by atoms with Crippen LogP contribution in [0.5, 0.6) is 0 Å². The fraction of sp³-hybridized carbons (Fsp3) is 0.231. The molecule has 1 unspecified atom stereocenters. The van der Waals surface area contributed by atoms with Crippen LogP contribution in [0.25, 0.3) is 0 Å². The molecule has 1 atom stereocenters. The Morgan fingerprint density at radius 2 is 1.89 bits per heavy atom. The lowest BCUT2D eigenvalue weighted by Gasteiger charge is -2.27. The second-order valence-electron chi connectivity index (χ2n) is 4.22. The van der Waals surface area contributed by atoms with E-state index in [9.17, 15) is 0 Å². The SMILES string of the molecule is CC(c1ccccc1Cl)N(C)c1cc(Cl)nc(N)n1. The van der Waals surface area contributed by atoms with E-state index in [1.807, 2.05) is 43.1 Å². The molecule has 0 fully saturated rings. The van der Waals surface area contributed by atoms with Gasteiger partial charge in [0.15, 0.2) is 0 Å². The van der Waals surface area contributed by atoms with Crippen molar-refractivity contribution in [2.75, 3.05) is 17.7 Å². The first-order valence-electron chi connectivity index (χ1n) is 5.76. The van der Waals surface area contributed by atoms with Crippen LogP contribution < -0.4 is 10.6 Å². The van der Waals surface area contributed by atoms with E-state index < -0.39 is 0 Å². The second kappa shape index (κ2) is 5.63. The minimum absolute atomic E-state index is 0.0408. The second-order valence-corrected chi connectivity index (χ2v) is 5.01. The molecule has 100 valence electrons. The zero-order chi connectivity index (χ0) is 14.0. The molecule has 2 aromatic rings. The van der Waals surface area contributed by atoms with Crippen molar-refractivity contribution in [2.45, 2.75) is 13.0 Å². The molecule has 2 rings (SSSR count). The van der Waals surface area contributed by atoms with Gasteiger partial charge in [0, 0.05) is 18.1 Å². The molecular formula is C13H14Cl2N4. The Bertz CT molecular complexity index is 568. The number of nitrogens with two attached hydrogens (primary N) is 1. The molecule has 1 heterocycles. The Hall–Kier alpha value is -1.52. The molecule has 2 N–H and O–H groups in total. The van der Waals surface area contributed by atoms with Crippen molar-refractivity contribution in [3.8, 4) is 0 Å². The van der Waals surface area contributed by atoms with Crippen molar-refractivity contribution >= 4 is 35.0 Å². The number of hydrogen-bond donors (Lipinski definition) is 1. The molecule has 0 amide bonds. The van der Waals surface area contributed by atoms with Crippen LogP contribution in [0.3, 0.4) is 0 Å². The van der Waals surface area contributed by atoms with E-state index in [0.29, 0.717) is 11.0 Å². The van der Waals surface area contributed by atoms with Crippen molar-refractivity contribution in [1.82, 2.24) is 9.97 Å². The Labute approximate surface area is 122 Å². The first-order valence-corrected chi connectivity index (χ1v) is 6.52. The third-order valence-corrected chi connectivity index (χ3v) is 3.53. The van der Waals surface area contributed by atoms with E-state index in [0.717, 1.165) is 10.6 Å². The highest BCUT2D eigenvalue weighted by Gasteiger charge is 2.16. The number of benzene rings is 1. The van der Waals surface area contributed by atoms with E-state index in [-0.39, 0.29) is 12.0 Å². The van der Waals surface area contributed by atoms with Crippen LogP contribution in [-0.4, -0.2) is 17.0 Å². The van der Waals surface area contributed by atoms with E-state index in [1.54, 1.807) is 6.07 Å². The third-order valence-electron chi connectivity index (χ3n) is 3.00. The van der Waals surface area contributed by atoms with Gasteiger partial charge in [0.25, 0.3) is 0 Å². The van der Waals surface area contributed by atoms with Crippen LogP contribution in [0.1, 0.15) is 18.5 Å². The lowest BCUT2D eigenvalue weighted by atomic mass is 10.1. The molecule has 1 aromatic carbocycles. The Kier molecular flexibility index (Phi) is 4.12. The summed E-state index contributed by atoms with van der Waals surface area (Å²) in [5, 5.41) is 1.04. The first kappa shape index (κ1) is 13.9. The highest BCUT2D eigenvalue weighted by atomic mass is 35.5. The number of anilines is 2. The van der Waals surface area contributed by atoms with E-state index in [2.05, 4.69) is 9.97 Å². The Morgan fingerprint density at radius 1 is 1.21 bits per heavy atom. The fourth-order valence-corrected chi connectivity index (χ4v) is 2.30. The van der Waals surface area contributed by atoms with Gasteiger partial charge in [-0.15, -0.1) is 0 Å². The van der Waals surface area contributed by atoms with Crippen molar-refractivity contribution in [1.29, 1.82) is 0 Å². The van der Waals surface area contributed by atoms with Crippen LogP contribution in [0.4, 0.5) is 11.8 Å². The minimum atomic E-state index is 0.0408. The van der Waals surface area contributed by atoms with Gasteiger partial charge < -0.3 is 10.6 Å². The van der Waals surface area contributed by atoms with Crippen molar-refractivity contribution in [3.05, 3.63) is 46.1 Å². The van der Waals surface area contributed by atoms with Crippen molar-refractivity contribution in [2.24, 2.45) is 0 Å².